The first-order valence-corrected chi connectivity index (χ1v) is 11.8. The van der Waals surface area contributed by atoms with E-state index in [4.69, 9.17) is 11.6 Å². The first-order chi connectivity index (χ1) is 14.2. The van der Waals surface area contributed by atoms with E-state index < -0.39 is 33.9 Å². The highest BCUT2D eigenvalue weighted by molar-refractivity contribution is 7.91. The van der Waals surface area contributed by atoms with Crippen molar-refractivity contribution in [2.24, 2.45) is 0 Å². The number of anilines is 1. The van der Waals surface area contributed by atoms with Crippen molar-refractivity contribution in [2.75, 3.05) is 11.4 Å². The molecule has 2 heterocycles. The lowest BCUT2D eigenvalue weighted by atomic mass is 10.1. The van der Waals surface area contributed by atoms with Gasteiger partial charge in [0.05, 0.1) is 11.8 Å². The van der Waals surface area contributed by atoms with Crippen LogP contribution in [0.5, 0.6) is 0 Å². The van der Waals surface area contributed by atoms with E-state index in [2.05, 4.69) is 4.72 Å². The maximum atomic E-state index is 14.5. The van der Waals surface area contributed by atoms with Crippen LogP contribution in [0.4, 0.5) is 10.1 Å². The molecule has 6 nitrogen and oxygen atoms in total. The molecular weight excluding hydrogens is 451 g/mol. The van der Waals surface area contributed by atoms with E-state index in [1.165, 1.54) is 36.1 Å². The van der Waals surface area contributed by atoms with Crippen LogP contribution < -0.4 is 9.62 Å². The molecule has 10 heteroatoms. The molecule has 0 bridgehead atoms. The third kappa shape index (κ3) is 3.95. The monoisotopic (exact) mass is 468 g/mol. The molecular formula is C20H18ClFN2O4S2. The number of aliphatic hydroxyl groups excluding tert-OH is 1. The van der Waals surface area contributed by atoms with Crippen LogP contribution in [-0.2, 0) is 14.8 Å². The molecule has 2 N–H and O–H groups in total. The van der Waals surface area contributed by atoms with Crippen molar-refractivity contribution in [3.8, 4) is 0 Å². The lowest BCUT2D eigenvalue weighted by Crippen LogP contribution is -2.41. The zero-order valence-electron chi connectivity index (χ0n) is 15.8. The average molecular weight is 469 g/mol. The van der Waals surface area contributed by atoms with Crippen molar-refractivity contribution in [1.82, 2.24) is 4.72 Å². The number of hydrogen-bond acceptors (Lipinski definition) is 5. The topological polar surface area (TPSA) is 86.7 Å². The van der Waals surface area contributed by atoms with Gasteiger partial charge in [-0.15, -0.1) is 11.3 Å². The van der Waals surface area contributed by atoms with E-state index in [-0.39, 0.29) is 22.9 Å². The number of benzene rings is 2. The largest absolute Gasteiger partial charge is 0.389 e. The maximum Gasteiger partial charge on any atom is 0.250 e. The molecule has 1 amide bonds. The fourth-order valence-electron chi connectivity index (χ4n) is 3.39. The van der Waals surface area contributed by atoms with E-state index in [0.29, 0.717) is 10.6 Å². The predicted octanol–water partition coefficient (Wildman–Crippen LogP) is 3.83. The summed E-state index contributed by atoms with van der Waals surface area (Å²) >= 11 is 7.02. The normalized spacial score (nSPS) is 18.3. The molecule has 158 valence electrons. The molecule has 0 saturated carbocycles. The number of aliphatic hydroxyl groups is 1. The molecule has 0 radical (unpaired) electrons. The Bertz CT molecular complexity index is 1240. The van der Waals surface area contributed by atoms with Crippen molar-refractivity contribution in [2.45, 2.75) is 29.7 Å². The van der Waals surface area contributed by atoms with E-state index in [0.717, 1.165) is 21.4 Å². The Morgan fingerprint density at radius 1 is 1.27 bits per heavy atom. The highest BCUT2D eigenvalue weighted by Gasteiger charge is 2.37. The number of carbonyl (C=O) groups is 1. The molecule has 1 aromatic heterocycles. The van der Waals surface area contributed by atoms with Crippen molar-refractivity contribution in [1.29, 1.82) is 0 Å². The zero-order chi connectivity index (χ0) is 21.6. The van der Waals surface area contributed by atoms with Gasteiger partial charge in [0.25, 0.3) is 10.0 Å². The summed E-state index contributed by atoms with van der Waals surface area (Å²) in [6.07, 6.45) is -0.620. The number of thiophene rings is 1. The molecule has 0 aliphatic carbocycles. The Balaban J connectivity index is 1.55. The number of hydrogen-bond donors (Lipinski definition) is 2. The fraction of sp³-hybridized carbons (Fsp3) is 0.250. The Morgan fingerprint density at radius 3 is 2.73 bits per heavy atom. The van der Waals surface area contributed by atoms with Gasteiger partial charge in [-0.25, -0.2) is 12.8 Å². The molecule has 1 saturated heterocycles. The molecule has 2 aromatic carbocycles. The van der Waals surface area contributed by atoms with Gasteiger partial charge in [0.15, 0.2) is 0 Å². The van der Waals surface area contributed by atoms with E-state index >= 15 is 0 Å². The lowest BCUT2D eigenvalue weighted by Gasteiger charge is -2.19. The number of fused-ring (bicyclic) bond motifs is 1. The van der Waals surface area contributed by atoms with Crippen LogP contribution in [-0.4, -0.2) is 32.0 Å². The summed E-state index contributed by atoms with van der Waals surface area (Å²) in [7, 11) is -3.93. The summed E-state index contributed by atoms with van der Waals surface area (Å²) in [5.41, 5.74) is 0.451. The molecule has 1 aliphatic rings. The smallest absolute Gasteiger partial charge is 0.250 e. The number of halogens is 2. The predicted molar refractivity (Wildman–Crippen MR) is 115 cm³/mol. The minimum absolute atomic E-state index is 0.0580. The van der Waals surface area contributed by atoms with Crippen LogP contribution in [0, 0.1) is 5.82 Å². The zero-order valence-corrected chi connectivity index (χ0v) is 18.2. The van der Waals surface area contributed by atoms with Gasteiger partial charge in [0.1, 0.15) is 16.1 Å². The second-order valence-corrected chi connectivity index (χ2v) is 10.5. The number of nitrogens with one attached hydrogen (secondary N) is 1. The van der Waals surface area contributed by atoms with Crippen LogP contribution in [0.1, 0.15) is 25.0 Å². The standard InChI is InChI=1S/C20H18ClFN2O4S2/c1-11(25)12-3-5-17(15(22)8-12)24-7-6-16(20(24)26)23-30(27,28)19-9-13-2-4-14(21)10-18(13)29-19/h2-5,8-11,16,23,25H,6-7H2,1H3. The average Bonchev–Trinajstić information content (AvgIpc) is 3.26. The van der Waals surface area contributed by atoms with Crippen LogP contribution in [0.3, 0.4) is 0 Å². The SMILES string of the molecule is CC(O)c1ccc(N2CCC(NS(=O)(=O)c3cc4ccc(Cl)cc4s3)C2=O)c(F)c1. The molecule has 2 unspecified atom stereocenters. The molecule has 4 rings (SSSR count). The summed E-state index contributed by atoms with van der Waals surface area (Å²) in [5, 5.41) is 10.8. The molecule has 1 aliphatic heterocycles. The van der Waals surface area contributed by atoms with E-state index in [1.54, 1.807) is 18.2 Å². The van der Waals surface area contributed by atoms with Crippen molar-refractivity contribution >= 4 is 54.6 Å². The number of carbonyl (C=O) groups excluding carboxylic acids is 1. The van der Waals surface area contributed by atoms with Gasteiger partial charge in [-0.05, 0) is 54.6 Å². The minimum atomic E-state index is -3.93. The highest BCUT2D eigenvalue weighted by atomic mass is 35.5. The fourth-order valence-corrected chi connectivity index (χ4v) is 6.30. The van der Waals surface area contributed by atoms with Crippen LogP contribution in [0.2, 0.25) is 5.02 Å². The third-order valence-corrected chi connectivity index (χ3v) is 8.25. The summed E-state index contributed by atoms with van der Waals surface area (Å²) in [6, 6.07) is 9.77. The van der Waals surface area contributed by atoms with Gasteiger partial charge in [-0.3, -0.25) is 4.79 Å². The first-order valence-electron chi connectivity index (χ1n) is 9.16. The van der Waals surface area contributed by atoms with Gasteiger partial charge in [0.2, 0.25) is 5.91 Å². The van der Waals surface area contributed by atoms with Crippen LogP contribution in [0.15, 0.2) is 46.7 Å². The van der Waals surface area contributed by atoms with Gasteiger partial charge in [0, 0.05) is 16.3 Å². The molecule has 2 atom stereocenters. The van der Waals surface area contributed by atoms with Gasteiger partial charge in [-0.1, -0.05) is 23.7 Å². The summed E-state index contributed by atoms with van der Waals surface area (Å²) in [6.45, 7) is 1.70. The second-order valence-electron chi connectivity index (χ2n) is 7.09. The van der Waals surface area contributed by atoms with Crippen LogP contribution in [0.25, 0.3) is 10.1 Å². The highest BCUT2D eigenvalue weighted by Crippen LogP contribution is 2.32. The second kappa shape index (κ2) is 7.90. The number of amides is 1. The van der Waals surface area contributed by atoms with Crippen molar-refractivity contribution < 1.29 is 22.7 Å². The van der Waals surface area contributed by atoms with E-state index in [1.807, 2.05) is 0 Å². The molecule has 3 aromatic rings. The van der Waals surface area contributed by atoms with Gasteiger partial charge < -0.3 is 10.0 Å². The number of sulfonamides is 1. The van der Waals surface area contributed by atoms with Crippen LogP contribution >= 0.6 is 22.9 Å². The maximum absolute atomic E-state index is 14.5. The Morgan fingerprint density at radius 2 is 2.03 bits per heavy atom. The summed E-state index contributed by atoms with van der Waals surface area (Å²) in [5.74, 6) is -1.17. The summed E-state index contributed by atoms with van der Waals surface area (Å²) < 4.78 is 43.3. The number of rotatable bonds is 5. The Hall–Kier alpha value is -2.04. The Labute approximate surface area is 181 Å². The van der Waals surface area contributed by atoms with Gasteiger partial charge >= 0.3 is 0 Å². The molecule has 30 heavy (non-hydrogen) atoms. The quantitative estimate of drug-likeness (QED) is 0.595. The first kappa shape index (κ1) is 21.2. The minimum Gasteiger partial charge on any atom is -0.389 e. The van der Waals surface area contributed by atoms with Crippen molar-refractivity contribution in [3.63, 3.8) is 0 Å². The van der Waals surface area contributed by atoms with E-state index in [9.17, 15) is 22.7 Å². The Kier molecular flexibility index (Phi) is 5.58. The summed E-state index contributed by atoms with van der Waals surface area (Å²) in [4.78, 5) is 14.0. The third-order valence-electron chi connectivity index (χ3n) is 4.97. The lowest BCUT2D eigenvalue weighted by molar-refractivity contribution is -0.118. The molecule has 1 fully saturated rings. The molecule has 0 spiro atoms. The number of nitrogens with zero attached hydrogens (tertiary/aromatic N) is 1. The van der Waals surface area contributed by atoms with Gasteiger partial charge in [-0.2, -0.15) is 4.72 Å². The van der Waals surface area contributed by atoms with Crippen molar-refractivity contribution in [3.05, 3.63) is 58.9 Å².